The summed E-state index contributed by atoms with van der Waals surface area (Å²) in [6.07, 6.45) is 9.35. The number of ether oxygens (including phenoxy) is 1. The van der Waals surface area contributed by atoms with Crippen molar-refractivity contribution >= 4 is 17.3 Å². The molecule has 23 heavy (non-hydrogen) atoms. The lowest BCUT2D eigenvalue weighted by molar-refractivity contribution is -0.116. The van der Waals surface area contributed by atoms with Gasteiger partial charge in [-0.1, -0.05) is 44.6 Å². The number of nitrogens with zero attached hydrogens (tertiary/aromatic N) is 1. The van der Waals surface area contributed by atoms with E-state index in [1.807, 2.05) is 0 Å². The Labute approximate surface area is 138 Å². The zero-order valence-corrected chi connectivity index (χ0v) is 14.5. The largest absolute Gasteiger partial charge is 0.491 e. The molecule has 1 aliphatic carbocycles. The minimum atomic E-state index is -0.163. The van der Waals surface area contributed by atoms with Gasteiger partial charge >= 0.3 is 0 Å². The van der Waals surface area contributed by atoms with Crippen molar-refractivity contribution in [1.29, 1.82) is 0 Å². The summed E-state index contributed by atoms with van der Waals surface area (Å²) in [6, 6.07) is 0. The Kier molecular flexibility index (Phi) is 6.31. The third-order valence-corrected chi connectivity index (χ3v) is 4.59. The molecule has 0 aromatic heterocycles. The van der Waals surface area contributed by atoms with Crippen molar-refractivity contribution in [2.45, 2.75) is 71.6 Å². The second kappa shape index (κ2) is 8.23. The SMILES string of the molecule is CCCCCCCCC1=C2C(=O)C(OC)=C(C)N=C2C(=O)CC1. The molecule has 126 valence electrons. The molecule has 0 bridgehead atoms. The second-order valence-corrected chi connectivity index (χ2v) is 6.33. The van der Waals surface area contributed by atoms with Crippen LogP contribution in [0.3, 0.4) is 0 Å². The van der Waals surface area contributed by atoms with E-state index in [2.05, 4.69) is 11.9 Å². The zero-order valence-electron chi connectivity index (χ0n) is 14.5. The van der Waals surface area contributed by atoms with Gasteiger partial charge in [0.25, 0.3) is 0 Å². The first-order chi connectivity index (χ1) is 11.1. The van der Waals surface area contributed by atoms with Crippen LogP contribution in [-0.2, 0) is 14.3 Å². The summed E-state index contributed by atoms with van der Waals surface area (Å²) in [5, 5.41) is 0. The van der Waals surface area contributed by atoms with Crippen molar-refractivity contribution in [2.24, 2.45) is 4.99 Å². The van der Waals surface area contributed by atoms with Gasteiger partial charge in [-0.25, -0.2) is 4.99 Å². The fraction of sp³-hybridized carbons (Fsp3) is 0.632. The van der Waals surface area contributed by atoms with Crippen LogP contribution in [0.1, 0.15) is 71.6 Å². The highest BCUT2D eigenvalue weighted by Crippen LogP contribution is 2.32. The van der Waals surface area contributed by atoms with Crippen LogP contribution >= 0.6 is 0 Å². The molecule has 1 heterocycles. The topological polar surface area (TPSA) is 55.7 Å². The predicted octanol–water partition coefficient (Wildman–Crippen LogP) is 4.30. The van der Waals surface area contributed by atoms with Crippen molar-refractivity contribution in [3.05, 3.63) is 22.6 Å². The molecule has 0 spiro atoms. The fourth-order valence-electron chi connectivity index (χ4n) is 3.31. The van der Waals surface area contributed by atoms with Gasteiger partial charge < -0.3 is 4.74 Å². The molecular weight excluding hydrogens is 290 g/mol. The highest BCUT2D eigenvalue weighted by molar-refractivity contribution is 6.55. The quantitative estimate of drug-likeness (QED) is 0.627. The smallest absolute Gasteiger partial charge is 0.231 e. The average Bonchev–Trinajstić information content (AvgIpc) is 2.53. The Hall–Kier alpha value is -1.71. The normalized spacial score (nSPS) is 18.3. The van der Waals surface area contributed by atoms with Crippen LogP contribution in [0.5, 0.6) is 0 Å². The molecular formula is C19H27NO3. The van der Waals surface area contributed by atoms with Gasteiger partial charge in [-0.05, 0) is 26.2 Å². The standard InChI is InChI=1S/C19H27NO3/c1-4-5-6-7-8-9-10-14-11-12-15(21)17-16(14)18(22)19(23-3)13(2)20-17/h4-12H2,1-3H3. The maximum Gasteiger partial charge on any atom is 0.231 e. The fourth-order valence-corrected chi connectivity index (χ4v) is 3.31. The van der Waals surface area contributed by atoms with Gasteiger partial charge in [0.05, 0.1) is 18.4 Å². The van der Waals surface area contributed by atoms with Crippen molar-refractivity contribution in [3.8, 4) is 0 Å². The monoisotopic (exact) mass is 317 g/mol. The minimum Gasteiger partial charge on any atom is -0.491 e. The van der Waals surface area contributed by atoms with Gasteiger partial charge in [0, 0.05) is 6.42 Å². The average molecular weight is 317 g/mol. The molecule has 0 amide bonds. The summed E-state index contributed by atoms with van der Waals surface area (Å²) in [5.74, 6) is 0.0949. The molecule has 2 rings (SSSR count). The molecule has 0 radical (unpaired) electrons. The highest BCUT2D eigenvalue weighted by Gasteiger charge is 2.35. The Bertz CT molecular complexity index is 581. The number of hydrogen-bond acceptors (Lipinski definition) is 4. The molecule has 0 unspecified atom stereocenters. The summed E-state index contributed by atoms with van der Waals surface area (Å²) < 4.78 is 5.20. The van der Waals surface area contributed by atoms with Crippen molar-refractivity contribution in [2.75, 3.05) is 7.11 Å². The molecule has 0 N–H and O–H groups in total. The van der Waals surface area contributed by atoms with Gasteiger partial charge in [-0.3, -0.25) is 9.59 Å². The molecule has 0 saturated heterocycles. The van der Waals surface area contributed by atoms with Crippen LogP contribution < -0.4 is 0 Å². The number of unbranched alkanes of at least 4 members (excludes halogenated alkanes) is 5. The van der Waals surface area contributed by atoms with Gasteiger partial charge in [0.2, 0.25) is 5.78 Å². The van der Waals surface area contributed by atoms with E-state index in [9.17, 15) is 9.59 Å². The zero-order chi connectivity index (χ0) is 16.8. The molecule has 0 saturated carbocycles. The Balaban J connectivity index is 2.11. The van der Waals surface area contributed by atoms with Crippen molar-refractivity contribution < 1.29 is 14.3 Å². The summed E-state index contributed by atoms with van der Waals surface area (Å²) in [4.78, 5) is 29.1. The van der Waals surface area contributed by atoms with Crippen LogP contribution in [0.15, 0.2) is 27.6 Å². The number of aliphatic imine (C=N–C) groups is 1. The van der Waals surface area contributed by atoms with Gasteiger partial charge in [-0.15, -0.1) is 0 Å². The molecule has 2 aliphatic rings. The molecule has 0 aromatic carbocycles. The predicted molar refractivity (Wildman–Crippen MR) is 91.4 cm³/mol. The van der Waals surface area contributed by atoms with E-state index in [4.69, 9.17) is 4.74 Å². The van der Waals surface area contributed by atoms with Crippen LogP contribution in [0.2, 0.25) is 0 Å². The number of Topliss-reactive ketones (excluding diaryl/α,β-unsaturated/α-hetero) is 2. The summed E-state index contributed by atoms with van der Waals surface area (Å²) in [7, 11) is 1.48. The third kappa shape index (κ3) is 3.98. The van der Waals surface area contributed by atoms with Gasteiger partial charge in [-0.2, -0.15) is 0 Å². The van der Waals surface area contributed by atoms with Gasteiger partial charge in [0.15, 0.2) is 11.5 Å². The first-order valence-electron chi connectivity index (χ1n) is 8.74. The maximum atomic E-state index is 12.7. The number of hydrogen-bond donors (Lipinski definition) is 0. The minimum absolute atomic E-state index is 0.0189. The Morgan fingerprint density at radius 3 is 2.43 bits per heavy atom. The van der Waals surface area contributed by atoms with E-state index in [0.29, 0.717) is 29.8 Å². The maximum absolute atomic E-state index is 12.7. The molecule has 4 heteroatoms. The van der Waals surface area contributed by atoms with Crippen LogP contribution in [0, 0.1) is 0 Å². The number of ketones is 2. The number of fused-ring (bicyclic) bond motifs is 1. The lowest BCUT2D eigenvalue weighted by Crippen LogP contribution is -2.32. The van der Waals surface area contributed by atoms with Crippen LogP contribution in [0.25, 0.3) is 0 Å². The van der Waals surface area contributed by atoms with E-state index >= 15 is 0 Å². The third-order valence-electron chi connectivity index (χ3n) is 4.59. The van der Waals surface area contributed by atoms with Crippen LogP contribution in [-0.4, -0.2) is 24.4 Å². The summed E-state index contributed by atoms with van der Waals surface area (Å²) in [6.45, 7) is 3.93. The van der Waals surface area contributed by atoms with E-state index in [0.717, 1.165) is 18.4 Å². The number of allylic oxidation sites excluding steroid dienone is 3. The first-order valence-corrected chi connectivity index (χ1v) is 8.74. The molecule has 0 aromatic rings. The van der Waals surface area contributed by atoms with E-state index in [-0.39, 0.29) is 17.3 Å². The van der Waals surface area contributed by atoms with Gasteiger partial charge in [0.1, 0.15) is 5.71 Å². The number of rotatable bonds is 8. The van der Waals surface area contributed by atoms with Crippen LogP contribution in [0.4, 0.5) is 0 Å². The highest BCUT2D eigenvalue weighted by atomic mass is 16.5. The summed E-state index contributed by atoms with van der Waals surface area (Å²) in [5.41, 5.74) is 2.48. The van der Waals surface area contributed by atoms with E-state index < -0.39 is 0 Å². The van der Waals surface area contributed by atoms with E-state index in [1.54, 1.807) is 6.92 Å². The molecule has 0 fully saturated rings. The van der Waals surface area contributed by atoms with E-state index in [1.165, 1.54) is 39.2 Å². The Morgan fingerprint density at radius 1 is 1.04 bits per heavy atom. The number of carbonyl (C=O) groups excluding carboxylic acids is 2. The molecule has 4 nitrogen and oxygen atoms in total. The van der Waals surface area contributed by atoms with Crippen molar-refractivity contribution in [3.63, 3.8) is 0 Å². The lowest BCUT2D eigenvalue weighted by atomic mass is 9.82. The first kappa shape index (κ1) is 17.6. The lowest BCUT2D eigenvalue weighted by Gasteiger charge is -2.24. The summed E-state index contributed by atoms with van der Waals surface area (Å²) >= 11 is 0. The number of methoxy groups -OCH3 is 1. The molecule has 1 aliphatic heterocycles. The molecule has 0 atom stereocenters. The Morgan fingerprint density at radius 2 is 1.74 bits per heavy atom. The van der Waals surface area contributed by atoms with Crippen molar-refractivity contribution in [1.82, 2.24) is 0 Å². The second-order valence-electron chi connectivity index (χ2n) is 6.33. The number of carbonyl (C=O) groups is 2.